The maximum atomic E-state index is 5.52. The third-order valence-electron chi connectivity index (χ3n) is 2.37. The van der Waals surface area contributed by atoms with Crippen LogP contribution in [0.5, 0.6) is 0 Å². The predicted octanol–water partition coefficient (Wildman–Crippen LogP) is 3.60. The highest BCUT2D eigenvalue weighted by Crippen LogP contribution is 2.20. The molecular weight excluding hydrogens is 242 g/mol. The lowest BCUT2D eigenvalue weighted by molar-refractivity contribution is 0.357. The molecule has 0 saturated carbocycles. The van der Waals surface area contributed by atoms with Gasteiger partial charge in [-0.25, -0.2) is 0 Å². The largest absolute Gasteiger partial charge is 0.304 e. The maximum absolute atomic E-state index is 5.52. The van der Waals surface area contributed by atoms with Crippen LogP contribution in [-0.2, 0) is 10.8 Å². The lowest BCUT2D eigenvalue weighted by atomic mass is 10.2. The Bertz CT molecular complexity index is 540. The molecule has 0 aliphatic heterocycles. The molecule has 0 bridgehead atoms. The van der Waals surface area contributed by atoms with Crippen molar-refractivity contribution in [2.45, 2.75) is 18.4 Å². The third kappa shape index (κ3) is 3.63. The molecule has 2 rings (SSSR count). The summed E-state index contributed by atoms with van der Waals surface area (Å²) in [5, 5.41) is 0. The number of terminal acetylenes is 1. The highest BCUT2D eigenvalue weighted by Gasteiger charge is 1.98. The number of pyridine rings is 1. The first-order chi connectivity index (χ1) is 8.78. The van der Waals surface area contributed by atoms with Crippen LogP contribution in [-0.4, -0.2) is 4.98 Å². The zero-order valence-electron chi connectivity index (χ0n) is 10.1. The molecule has 0 amide bonds. The van der Waals surface area contributed by atoms with Gasteiger partial charge in [0.2, 0.25) is 0 Å². The predicted molar refractivity (Wildman–Crippen MR) is 74.0 cm³/mol. The summed E-state index contributed by atoms with van der Waals surface area (Å²) < 4.78 is 5.52. The molecule has 0 unspecified atom stereocenters. The van der Waals surface area contributed by atoms with Gasteiger partial charge in [0.05, 0.1) is 5.69 Å². The summed E-state index contributed by atoms with van der Waals surface area (Å²) in [6, 6.07) is 11.9. The monoisotopic (exact) mass is 255 g/mol. The van der Waals surface area contributed by atoms with E-state index in [1.165, 1.54) is 17.6 Å². The average Bonchev–Trinajstić information content (AvgIpc) is 2.42. The summed E-state index contributed by atoms with van der Waals surface area (Å²) in [5.74, 6) is 2.53. The fraction of sp³-hybridized carbons (Fsp3) is 0.133. The van der Waals surface area contributed by atoms with Crippen molar-refractivity contribution in [1.29, 1.82) is 0 Å². The molecule has 90 valence electrons. The Morgan fingerprint density at radius 1 is 1.22 bits per heavy atom. The first kappa shape index (κ1) is 12.7. The average molecular weight is 255 g/mol. The normalized spacial score (nSPS) is 10.0. The molecule has 0 fully saturated rings. The van der Waals surface area contributed by atoms with Crippen molar-refractivity contribution >= 4 is 12.0 Å². The van der Waals surface area contributed by atoms with Crippen molar-refractivity contribution in [3.8, 4) is 12.3 Å². The van der Waals surface area contributed by atoms with E-state index < -0.39 is 0 Å². The molecule has 2 nitrogen and oxygen atoms in total. The molecule has 1 aromatic heterocycles. The standard InChI is InChI=1S/C15H13NOS/c1-3-13-6-7-14(16-10-13)11-17-18-15-8-4-12(2)5-9-15/h1,4-10H,11H2,2H3. The van der Waals surface area contributed by atoms with Crippen LogP contribution in [0.3, 0.4) is 0 Å². The quantitative estimate of drug-likeness (QED) is 0.615. The fourth-order valence-corrected chi connectivity index (χ4v) is 1.91. The zero-order valence-corrected chi connectivity index (χ0v) is 10.9. The van der Waals surface area contributed by atoms with Crippen LogP contribution in [0, 0.1) is 19.3 Å². The smallest absolute Gasteiger partial charge is 0.104 e. The minimum absolute atomic E-state index is 0.462. The van der Waals surface area contributed by atoms with Crippen molar-refractivity contribution in [2.75, 3.05) is 0 Å². The SMILES string of the molecule is C#Cc1ccc(COSc2ccc(C)cc2)nc1. The van der Waals surface area contributed by atoms with Crippen LogP contribution in [0.25, 0.3) is 0 Å². The molecule has 0 radical (unpaired) electrons. The van der Waals surface area contributed by atoms with Crippen LogP contribution in [0.1, 0.15) is 16.8 Å². The molecule has 0 aliphatic carbocycles. The third-order valence-corrected chi connectivity index (χ3v) is 3.07. The molecule has 0 N–H and O–H groups in total. The Kier molecular flexibility index (Phi) is 4.40. The second-order valence-corrected chi connectivity index (χ2v) is 4.71. The number of benzene rings is 1. The van der Waals surface area contributed by atoms with E-state index in [1.54, 1.807) is 6.20 Å². The van der Waals surface area contributed by atoms with Gasteiger partial charge in [0.25, 0.3) is 0 Å². The van der Waals surface area contributed by atoms with E-state index in [1.807, 2.05) is 24.3 Å². The zero-order chi connectivity index (χ0) is 12.8. The molecule has 1 heterocycles. The maximum Gasteiger partial charge on any atom is 0.104 e. The van der Waals surface area contributed by atoms with Gasteiger partial charge in [0, 0.05) is 28.7 Å². The fourth-order valence-electron chi connectivity index (χ4n) is 1.35. The summed E-state index contributed by atoms with van der Waals surface area (Å²) in [4.78, 5) is 5.30. The Morgan fingerprint density at radius 3 is 2.61 bits per heavy atom. The highest BCUT2D eigenvalue weighted by molar-refractivity contribution is 7.94. The van der Waals surface area contributed by atoms with Gasteiger partial charge in [-0.15, -0.1) is 6.42 Å². The second kappa shape index (κ2) is 6.25. The van der Waals surface area contributed by atoms with E-state index in [0.29, 0.717) is 6.61 Å². The van der Waals surface area contributed by atoms with E-state index in [2.05, 4.69) is 30.0 Å². The van der Waals surface area contributed by atoms with Crippen LogP contribution in [0.2, 0.25) is 0 Å². The highest BCUT2D eigenvalue weighted by atomic mass is 32.2. The molecule has 1 aromatic carbocycles. The van der Waals surface area contributed by atoms with Crippen LogP contribution < -0.4 is 0 Å². The number of aromatic nitrogens is 1. The topological polar surface area (TPSA) is 22.1 Å². The summed E-state index contributed by atoms with van der Waals surface area (Å²) in [6.07, 6.45) is 6.94. The van der Waals surface area contributed by atoms with Gasteiger partial charge in [-0.05, 0) is 31.2 Å². The van der Waals surface area contributed by atoms with Crippen molar-refractivity contribution in [1.82, 2.24) is 4.98 Å². The van der Waals surface area contributed by atoms with Gasteiger partial charge in [-0.3, -0.25) is 4.98 Å². The lowest BCUT2D eigenvalue weighted by Crippen LogP contribution is -1.91. The van der Waals surface area contributed by atoms with Gasteiger partial charge >= 0.3 is 0 Å². The molecule has 0 saturated heterocycles. The minimum Gasteiger partial charge on any atom is -0.304 e. The van der Waals surface area contributed by atoms with Gasteiger partial charge in [0.15, 0.2) is 0 Å². The van der Waals surface area contributed by atoms with E-state index >= 15 is 0 Å². The van der Waals surface area contributed by atoms with Crippen LogP contribution in [0.4, 0.5) is 0 Å². The molecule has 0 atom stereocenters. The van der Waals surface area contributed by atoms with Crippen LogP contribution in [0.15, 0.2) is 47.5 Å². The Morgan fingerprint density at radius 2 is 2.00 bits per heavy atom. The number of nitrogens with zero attached hydrogens (tertiary/aromatic N) is 1. The molecule has 3 heteroatoms. The lowest BCUT2D eigenvalue weighted by Gasteiger charge is -2.03. The van der Waals surface area contributed by atoms with E-state index in [0.717, 1.165) is 16.2 Å². The molecule has 18 heavy (non-hydrogen) atoms. The van der Waals surface area contributed by atoms with E-state index in [-0.39, 0.29) is 0 Å². The van der Waals surface area contributed by atoms with Crippen LogP contribution >= 0.6 is 12.0 Å². The van der Waals surface area contributed by atoms with E-state index in [9.17, 15) is 0 Å². The summed E-state index contributed by atoms with van der Waals surface area (Å²) >= 11 is 1.35. The summed E-state index contributed by atoms with van der Waals surface area (Å²) in [7, 11) is 0. The van der Waals surface area contributed by atoms with Gasteiger partial charge in [0.1, 0.15) is 6.61 Å². The Labute approximate surface area is 112 Å². The Balaban J connectivity index is 1.84. The molecular formula is C15H13NOS. The number of rotatable bonds is 4. The minimum atomic E-state index is 0.462. The molecule has 0 spiro atoms. The van der Waals surface area contributed by atoms with Crippen molar-refractivity contribution in [3.63, 3.8) is 0 Å². The van der Waals surface area contributed by atoms with Gasteiger partial charge < -0.3 is 4.18 Å². The van der Waals surface area contributed by atoms with E-state index in [4.69, 9.17) is 10.6 Å². The van der Waals surface area contributed by atoms with Gasteiger partial charge in [-0.2, -0.15) is 0 Å². The Hall–Kier alpha value is -1.76. The van der Waals surface area contributed by atoms with Gasteiger partial charge in [-0.1, -0.05) is 23.6 Å². The first-order valence-corrected chi connectivity index (χ1v) is 6.30. The summed E-state index contributed by atoms with van der Waals surface area (Å²) in [5.41, 5.74) is 2.89. The molecule has 0 aliphatic rings. The first-order valence-electron chi connectivity index (χ1n) is 5.55. The number of hydrogen-bond donors (Lipinski definition) is 0. The number of hydrogen-bond acceptors (Lipinski definition) is 3. The summed E-state index contributed by atoms with van der Waals surface area (Å²) in [6.45, 7) is 2.52. The van der Waals surface area contributed by atoms with Crippen molar-refractivity contribution in [2.24, 2.45) is 0 Å². The molecule has 2 aromatic rings. The van der Waals surface area contributed by atoms with Crippen molar-refractivity contribution < 1.29 is 4.18 Å². The van der Waals surface area contributed by atoms with Crippen molar-refractivity contribution in [3.05, 3.63) is 59.4 Å². The number of aryl methyl sites for hydroxylation is 1. The second-order valence-electron chi connectivity index (χ2n) is 3.84.